The van der Waals surface area contributed by atoms with Crippen molar-refractivity contribution in [2.45, 2.75) is 86.0 Å². The van der Waals surface area contributed by atoms with Gasteiger partial charge in [-0.3, -0.25) is 0 Å². The predicted molar refractivity (Wildman–Crippen MR) is 167 cm³/mol. The molecule has 42 heavy (non-hydrogen) atoms. The summed E-state index contributed by atoms with van der Waals surface area (Å²) in [6, 6.07) is 12.5. The van der Waals surface area contributed by atoms with Crippen LogP contribution in [0.2, 0.25) is 0 Å². The number of aliphatic hydroxyl groups excluding tert-OH is 2. The van der Waals surface area contributed by atoms with E-state index in [2.05, 4.69) is 44.0 Å². The monoisotopic (exact) mass is 573 g/mol. The topological polar surface area (TPSA) is 122 Å². The summed E-state index contributed by atoms with van der Waals surface area (Å²) in [7, 11) is 0. The number of fused-ring (bicyclic) bond motifs is 1. The van der Waals surface area contributed by atoms with E-state index < -0.39 is 23.8 Å². The van der Waals surface area contributed by atoms with Gasteiger partial charge in [-0.2, -0.15) is 0 Å². The van der Waals surface area contributed by atoms with Crippen LogP contribution in [0.25, 0.3) is 22.3 Å². The van der Waals surface area contributed by atoms with Gasteiger partial charge >= 0.3 is 5.97 Å². The van der Waals surface area contributed by atoms with Crippen molar-refractivity contribution in [2.75, 3.05) is 12.3 Å². The van der Waals surface area contributed by atoms with Gasteiger partial charge in [-0.1, -0.05) is 24.3 Å². The van der Waals surface area contributed by atoms with Crippen LogP contribution >= 0.6 is 0 Å². The Morgan fingerprint density at radius 2 is 1.64 bits per heavy atom. The highest BCUT2D eigenvalue weighted by atomic mass is 16.5. The van der Waals surface area contributed by atoms with Crippen LogP contribution in [0.4, 0.5) is 5.69 Å². The van der Waals surface area contributed by atoms with Crippen LogP contribution in [-0.4, -0.2) is 39.6 Å². The van der Waals surface area contributed by atoms with Crippen molar-refractivity contribution in [2.24, 2.45) is 0 Å². The predicted octanol–water partition coefficient (Wildman–Crippen LogP) is 6.80. The number of hydrogen-bond acceptors (Lipinski definition) is 6. The second-order valence-corrected chi connectivity index (χ2v) is 11.8. The fourth-order valence-corrected chi connectivity index (χ4v) is 5.21. The Bertz CT molecular complexity index is 1520. The van der Waals surface area contributed by atoms with Crippen molar-refractivity contribution in [1.29, 1.82) is 0 Å². The number of nitrogen functional groups attached to an aromatic ring is 1. The van der Waals surface area contributed by atoms with E-state index in [0.717, 1.165) is 64.1 Å². The van der Waals surface area contributed by atoms with E-state index >= 15 is 0 Å². The molecule has 4 rings (SSSR count). The molecule has 3 aromatic rings. The summed E-state index contributed by atoms with van der Waals surface area (Å²) in [5.41, 5.74) is 16.3. The van der Waals surface area contributed by atoms with Crippen LogP contribution in [0.3, 0.4) is 0 Å². The maximum atomic E-state index is 12.6. The van der Waals surface area contributed by atoms with E-state index in [1.54, 1.807) is 6.11 Å². The highest BCUT2D eigenvalue weighted by Crippen LogP contribution is 2.46. The Balaban J connectivity index is 0.000000730. The van der Waals surface area contributed by atoms with Crippen LogP contribution in [0.1, 0.15) is 73.6 Å². The largest absolute Gasteiger partial charge is 0.493 e. The quantitative estimate of drug-likeness (QED) is 0.195. The number of rotatable bonds is 5. The second-order valence-electron chi connectivity index (χ2n) is 11.8. The molecule has 1 aliphatic rings. The van der Waals surface area contributed by atoms with Crippen LogP contribution in [-0.2, 0) is 16.0 Å². The number of nitrogens with two attached hydrogens (primary N) is 1. The first-order chi connectivity index (χ1) is 19.7. The van der Waals surface area contributed by atoms with Crippen LogP contribution in [0, 0.1) is 39.7 Å². The summed E-state index contributed by atoms with van der Waals surface area (Å²) in [6.07, 6.45) is 1.58. The fraction of sp³-hybridized carbons (Fsp3) is 0.400. The van der Waals surface area contributed by atoms with Gasteiger partial charge in [0, 0.05) is 16.8 Å². The zero-order valence-corrected chi connectivity index (χ0v) is 25.9. The molecule has 5 N–H and O–H groups in total. The molecular weight excluding hydrogens is 530 g/mol. The smallest absolute Gasteiger partial charge is 0.337 e. The zero-order chi connectivity index (χ0) is 31.4. The molecule has 0 saturated carbocycles. The van der Waals surface area contributed by atoms with Gasteiger partial charge < -0.3 is 30.5 Å². The molecule has 0 bridgehead atoms. The third-order valence-corrected chi connectivity index (χ3v) is 7.32. The molecule has 0 aromatic heterocycles. The molecule has 2 unspecified atom stereocenters. The molecule has 0 saturated heterocycles. The van der Waals surface area contributed by atoms with Gasteiger partial charge in [0.1, 0.15) is 18.0 Å². The summed E-state index contributed by atoms with van der Waals surface area (Å²) in [5, 5.41) is 26.3. The van der Waals surface area contributed by atoms with Crippen molar-refractivity contribution in [1.82, 2.24) is 0 Å². The van der Waals surface area contributed by atoms with E-state index in [-0.39, 0.29) is 0 Å². The van der Waals surface area contributed by atoms with Crippen LogP contribution < -0.4 is 10.5 Å². The van der Waals surface area contributed by atoms with E-state index in [9.17, 15) is 9.90 Å². The number of hydrogen-bond donors (Lipinski definition) is 4. The van der Waals surface area contributed by atoms with E-state index in [4.69, 9.17) is 25.4 Å². The number of benzene rings is 3. The Kier molecular flexibility index (Phi) is 10.3. The van der Waals surface area contributed by atoms with Crippen molar-refractivity contribution < 1.29 is 29.6 Å². The van der Waals surface area contributed by atoms with Crippen molar-refractivity contribution >= 4 is 11.7 Å². The Morgan fingerprint density at radius 1 is 1.00 bits per heavy atom. The number of carbonyl (C=O) groups is 1. The lowest BCUT2D eigenvalue weighted by Gasteiger charge is -2.30. The van der Waals surface area contributed by atoms with Crippen molar-refractivity contribution in [3.63, 3.8) is 0 Å². The van der Waals surface area contributed by atoms with Crippen LogP contribution in [0.5, 0.6) is 5.75 Å². The number of ether oxygens (including phenoxy) is 2. The molecule has 0 spiro atoms. The first-order valence-corrected chi connectivity index (χ1v) is 14.2. The maximum Gasteiger partial charge on any atom is 0.337 e. The minimum Gasteiger partial charge on any atom is -0.493 e. The Morgan fingerprint density at radius 3 is 2.19 bits per heavy atom. The van der Waals surface area contributed by atoms with Gasteiger partial charge in [0.2, 0.25) is 0 Å². The SMILES string of the molecule is CC(O)C#CO.Cc1ccc(-c2c(C)c(-c3ccc4c(c3)CCCO4)c(C(OC(C)(C)C)C(=O)O)c(C)c2N)cc1C. The van der Waals surface area contributed by atoms with Gasteiger partial charge in [-0.15, -0.1) is 0 Å². The van der Waals surface area contributed by atoms with Gasteiger partial charge in [0.25, 0.3) is 0 Å². The third-order valence-electron chi connectivity index (χ3n) is 7.32. The molecule has 2 atom stereocenters. The van der Waals surface area contributed by atoms with E-state index in [1.807, 2.05) is 46.8 Å². The lowest BCUT2D eigenvalue weighted by molar-refractivity contribution is -0.160. The molecule has 0 amide bonds. The normalized spacial score (nSPS) is 13.8. The molecule has 7 heteroatoms. The molecule has 3 aromatic carbocycles. The average molecular weight is 574 g/mol. The number of aliphatic carboxylic acids is 1. The molecule has 224 valence electrons. The molecule has 1 aliphatic heterocycles. The molecule has 7 nitrogen and oxygen atoms in total. The van der Waals surface area contributed by atoms with Crippen molar-refractivity contribution in [3.8, 4) is 40.0 Å². The summed E-state index contributed by atoms with van der Waals surface area (Å²) in [4.78, 5) is 12.6. The van der Waals surface area contributed by atoms with Crippen LogP contribution in [0.15, 0.2) is 36.4 Å². The third kappa shape index (κ3) is 7.44. The summed E-state index contributed by atoms with van der Waals surface area (Å²) >= 11 is 0. The zero-order valence-electron chi connectivity index (χ0n) is 25.9. The lowest BCUT2D eigenvalue weighted by atomic mass is 9.81. The number of aliphatic hydroxyl groups is 2. The number of carboxylic acid groups (broad SMARTS) is 1. The van der Waals surface area contributed by atoms with E-state index in [1.165, 1.54) is 18.1 Å². The fourth-order valence-electron chi connectivity index (χ4n) is 5.21. The molecule has 0 aliphatic carbocycles. The maximum absolute atomic E-state index is 12.6. The van der Waals surface area contributed by atoms with Crippen molar-refractivity contribution in [3.05, 3.63) is 69.8 Å². The minimum absolute atomic E-state index is 0.583. The molecule has 0 radical (unpaired) electrons. The Labute approximate surface area is 249 Å². The summed E-state index contributed by atoms with van der Waals surface area (Å²) in [6.45, 7) is 15.9. The van der Waals surface area contributed by atoms with Gasteiger partial charge in [0.05, 0.1) is 12.2 Å². The molecular formula is C35H43NO6. The lowest BCUT2D eigenvalue weighted by Crippen LogP contribution is -2.28. The first kappa shape index (κ1) is 32.5. The first-order valence-electron chi connectivity index (χ1n) is 14.2. The summed E-state index contributed by atoms with van der Waals surface area (Å²) < 4.78 is 12.0. The number of anilines is 1. The second kappa shape index (κ2) is 13.3. The van der Waals surface area contributed by atoms with E-state index in [0.29, 0.717) is 11.3 Å². The molecule has 0 fully saturated rings. The number of aryl methyl sites for hydroxylation is 3. The summed E-state index contributed by atoms with van der Waals surface area (Å²) in [5.74, 6) is 1.93. The Hall–Kier alpha value is -3.99. The van der Waals surface area contributed by atoms with Gasteiger partial charge in [0.15, 0.2) is 6.10 Å². The highest BCUT2D eigenvalue weighted by molar-refractivity contribution is 5.93. The molecule has 1 heterocycles. The van der Waals surface area contributed by atoms with Gasteiger partial charge in [-0.25, -0.2) is 4.79 Å². The standard InChI is InChI=1S/C31H37NO4.C4H6O2/c1-17-10-11-22(15-18(17)2)26-19(3)25(23-12-13-24-21(16-23)9-8-14-35-24)27(20(4)28(26)32)29(30(33)34)36-31(5,6)7;1-4(6)2-3-5/h10-13,15-16,29H,8-9,14,32H2,1-7H3,(H,33,34);4-6H,1H3. The van der Waals surface area contributed by atoms with Gasteiger partial charge in [-0.05, 0) is 131 Å². The number of carboxylic acids is 1. The minimum atomic E-state index is -1.16. The average Bonchev–Trinajstić information content (AvgIpc) is 2.91. The highest BCUT2D eigenvalue weighted by Gasteiger charge is 2.33.